The van der Waals surface area contributed by atoms with Gasteiger partial charge in [0.2, 0.25) is 5.91 Å². The number of amides is 1. The second-order valence-electron chi connectivity index (χ2n) is 5.99. The van der Waals surface area contributed by atoms with E-state index < -0.39 is 10.5 Å². The Labute approximate surface area is 152 Å². The molecule has 2 heterocycles. The highest BCUT2D eigenvalue weighted by Crippen LogP contribution is 2.33. The van der Waals surface area contributed by atoms with Gasteiger partial charge in [-0.15, -0.1) is 0 Å². The first-order chi connectivity index (χ1) is 11.9. The van der Waals surface area contributed by atoms with Crippen LogP contribution in [0.3, 0.4) is 0 Å². The standard InChI is InChI=1S/C17H16BrN3O4/c1-11-7-13(18)8-12-3-2-6-20(17(11)12)16(23)10-19-9-14(21(24)25)4-5-15(19)22/h4-5,7-9H,2-3,6,10H2,1H3. The molecule has 3 rings (SSSR count). The Balaban J connectivity index is 1.93. The Morgan fingerprint density at radius 3 is 2.84 bits per heavy atom. The van der Waals surface area contributed by atoms with Crippen molar-refractivity contribution in [2.45, 2.75) is 26.3 Å². The summed E-state index contributed by atoms with van der Waals surface area (Å²) in [7, 11) is 0. The van der Waals surface area contributed by atoms with Gasteiger partial charge >= 0.3 is 0 Å². The molecule has 25 heavy (non-hydrogen) atoms. The number of pyridine rings is 1. The first kappa shape index (κ1) is 17.3. The number of carbonyl (C=O) groups excluding carboxylic acids is 1. The molecule has 7 nitrogen and oxygen atoms in total. The Bertz CT molecular complexity index is 923. The first-order valence-electron chi connectivity index (χ1n) is 7.81. The van der Waals surface area contributed by atoms with Crippen LogP contribution in [0.5, 0.6) is 0 Å². The van der Waals surface area contributed by atoms with Gasteiger partial charge in [-0.3, -0.25) is 24.3 Å². The van der Waals surface area contributed by atoms with Crippen molar-refractivity contribution in [3.63, 3.8) is 0 Å². The Morgan fingerprint density at radius 2 is 2.12 bits per heavy atom. The topological polar surface area (TPSA) is 85.4 Å². The number of rotatable bonds is 3. The summed E-state index contributed by atoms with van der Waals surface area (Å²) in [6.07, 6.45) is 2.83. The monoisotopic (exact) mass is 405 g/mol. The van der Waals surface area contributed by atoms with Gasteiger partial charge in [-0.2, -0.15) is 0 Å². The quantitative estimate of drug-likeness (QED) is 0.580. The van der Waals surface area contributed by atoms with Crippen molar-refractivity contribution in [3.8, 4) is 0 Å². The van der Waals surface area contributed by atoms with Gasteiger partial charge in [-0.1, -0.05) is 15.9 Å². The van der Waals surface area contributed by atoms with Crippen LogP contribution in [0.1, 0.15) is 17.5 Å². The van der Waals surface area contributed by atoms with Crippen molar-refractivity contribution in [2.75, 3.05) is 11.4 Å². The highest BCUT2D eigenvalue weighted by molar-refractivity contribution is 9.10. The third-order valence-electron chi connectivity index (χ3n) is 4.23. The number of nitrogens with zero attached hydrogens (tertiary/aromatic N) is 3. The third-order valence-corrected chi connectivity index (χ3v) is 4.69. The van der Waals surface area contributed by atoms with Crippen LogP contribution in [0.2, 0.25) is 0 Å². The van der Waals surface area contributed by atoms with Gasteiger partial charge in [-0.05, 0) is 43.0 Å². The SMILES string of the molecule is Cc1cc(Br)cc2c1N(C(=O)Cn1cc([N+](=O)[O-])ccc1=O)CCC2. The summed E-state index contributed by atoms with van der Waals surface area (Å²) in [6.45, 7) is 2.28. The van der Waals surface area contributed by atoms with Gasteiger partial charge in [-0.25, -0.2) is 0 Å². The van der Waals surface area contributed by atoms with Crippen LogP contribution in [-0.2, 0) is 17.8 Å². The van der Waals surface area contributed by atoms with Gasteiger partial charge in [0.15, 0.2) is 0 Å². The van der Waals surface area contributed by atoms with Crippen LogP contribution in [-0.4, -0.2) is 21.9 Å². The fourth-order valence-corrected chi connectivity index (χ4v) is 3.77. The molecular formula is C17H16BrN3O4. The minimum atomic E-state index is -0.585. The summed E-state index contributed by atoms with van der Waals surface area (Å²) in [5, 5.41) is 10.9. The summed E-state index contributed by atoms with van der Waals surface area (Å²) in [5.41, 5.74) is 2.27. The van der Waals surface area contributed by atoms with Crippen LogP contribution in [0.15, 0.2) is 39.7 Å². The first-order valence-corrected chi connectivity index (χ1v) is 8.60. The summed E-state index contributed by atoms with van der Waals surface area (Å²) in [5.74, 6) is -0.256. The van der Waals surface area contributed by atoms with Crippen molar-refractivity contribution in [3.05, 3.63) is 66.5 Å². The number of aryl methyl sites for hydroxylation is 2. The number of halogens is 1. The molecule has 1 aromatic carbocycles. The molecule has 0 unspecified atom stereocenters. The minimum absolute atomic E-state index is 0.216. The third kappa shape index (κ3) is 3.48. The molecule has 8 heteroatoms. The fourth-order valence-electron chi connectivity index (χ4n) is 3.15. The maximum absolute atomic E-state index is 12.8. The smallest absolute Gasteiger partial charge is 0.285 e. The lowest BCUT2D eigenvalue weighted by atomic mass is 9.98. The van der Waals surface area contributed by atoms with E-state index in [1.165, 1.54) is 0 Å². The molecule has 1 aliphatic rings. The average Bonchev–Trinajstić information content (AvgIpc) is 2.55. The molecule has 0 spiro atoms. The number of nitro groups is 1. The number of hydrogen-bond donors (Lipinski definition) is 0. The maximum Gasteiger partial charge on any atom is 0.285 e. The van der Waals surface area contributed by atoms with Crippen LogP contribution < -0.4 is 10.5 Å². The zero-order valence-electron chi connectivity index (χ0n) is 13.6. The van der Waals surface area contributed by atoms with E-state index in [0.717, 1.165) is 57.0 Å². The number of anilines is 1. The lowest BCUT2D eigenvalue weighted by Gasteiger charge is -2.31. The molecule has 0 fully saturated rings. The molecule has 0 bridgehead atoms. The zero-order valence-corrected chi connectivity index (χ0v) is 15.2. The molecule has 1 amide bonds. The molecule has 0 radical (unpaired) electrons. The number of hydrogen-bond acceptors (Lipinski definition) is 4. The highest BCUT2D eigenvalue weighted by atomic mass is 79.9. The average molecular weight is 406 g/mol. The van der Waals surface area contributed by atoms with Gasteiger partial charge in [0.25, 0.3) is 11.2 Å². The summed E-state index contributed by atoms with van der Waals surface area (Å²) < 4.78 is 2.05. The number of benzene rings is 1. The van der Waals surface area contributed by atoms with Crippen molar-refractivity contribution < 1.29 is 9.72 Å². The number of fused-ring (bicyclic) bond motifs is 1. The van der Waals surface area contributed by atoms with Crippen LogP contribution in [0.4, 0.5) is 11.4 Å². The molecule has 0 atom stereocenters. The number of aromatic nitrogens is 1. The molecule has 0 aliphatic carbocycles. The zero-order chi connectivity index (χ0) is 18.1. The van der Waals surface area contributed by atoms with Gasteiger partial charge in [0.1, 0.15) is 6.54 Å². The van der Waals surface area contributed by atoms with E-state index in [4.69, 9.17) is 0 Å². The van der Waals surface area contributed by atoms with Crippen molar-refractivity contribution in [1.29, 1.82) is 0 Å². The minimum Gasteiger partial charge on any atom is -0.310 e. The Hall–Kier alpha value is -2.48. The molecule has 0 saturated carbocycles. The summed E-state index contributed by atoms with van der Waals surface area (Å²) in [4.78, 5) is 36.7. The lowest BCUT2D eigenvalue weighted by molar-refractivity contribution is -0.385. The largest absolute Gasteiger partial charge is 0.310 e. The van der Waals surface area contributed by atoms with Crippen LogP contribution in [0.25, 0.3) is 0 Å². The van der Waals surface area contributed by atoms with Gasteiger partial charge in [0, 0.05) is 28.8 Å². The van der Waals surface area contributed by atoms with E-state index in [9.17, 15) is 19.7 Å². The van der Waals surface area contributed by atoms with Crippen LogP contribution >= 0.6 is 15.9 Å². The van der Waals surface area contributed by atoms with Gasteiger partial charge < -0.3 is 4.90 Å². The Kier molecular flexibility index (Phi) is 4.71. The normalized spacial score (nSPS) is 13.4. The van der Waals surface area contributed by atoms with Crippen molar-refractivity contribution in [2.24, 2.45) is 0 Å². The van der Waals surface area contributed by atoms with Crippen LogP contribution in [0, 0.1) is 17.0 Å². The molecule has 130 valence electrons. The molecular weight excluding hydrogens is 390 g/mol. The van der Waals surface area contributed by atoms with Crippen molar-refractivity contribution >= 4 is 33.2 Å². The van der Waals surface area contributed by atoms with Gasteiger partial charge in [0.05, 0.1) is 11.1 Å². The predicted molar refractivity (Wildman–Crippen MR) is 96.9 cm³/mol. The van der Waals surface area contributed by atoms with E-state index in [1.54, 1.807) is 4.90 Å². The summed E-state index contributed by atoms with van der Waals surface area (Å²) >= 11 is 3.47. The maximum atomic E-state index is 12.8. The van der Waals surface area contributed by atoms with E-state index in [1.807, 2.05) is 19.1 Å². The molecule has 2 aromatic rings. The van der Waals surface area contributed by atoms with E-state index in [2.05, 4.69) is 15.9 Å². The molecule has 0 saturated heterocycles. The predicted octanol–water partition coefficient (Wildman–Crippen LogP) is 2.81. The van der Waals surface area contributed by atoms with E-state index >= 15 is 0 Å². The summed E-state index contributed by atoms with van der Waals surface area (Å²) in [6, 6.07) is 6.20. The second-order valence-corrected chi connectivity index (χ2v) is 6.91. The lowest BCUT2D eigenvalue weighted by Crippen LogP contribution is -2.40. The highest BCUT2D eigenvalue weighted by Gasteiger charge is 2.25. The van der Waals surface area contributed by atoms with E-state index in [0.29, 0.717) is 6.54 Å². The molecule has 0 N–H and O–H groups in total. The fraction of sp³-hybridized carbons (Fsp3) is 0.294. The Morgan fingerprint density at radius 1 is 1.36 bits per heavy atom. The second kappa shape index (κ2) is 6.79. The number of carbonyl (C=O) groups is 1. The molecule has 1 aliphatic heterocycles. The van der Waals surface area contributed by atoms with E-state index in [-0.39, 0.29) is 18.1 Å². The molecule has 1 aromatic heterocycles. The van der Waals surface area contributed by atoms with Crippen molar-refractivity contribution in [1.82, 2.24) is 4.57 Å².